The lowest BCUT2D eigenvalue weighted by atomic mass is 10.2. The molecule has 0 aliphatic carbocycles. The number of benzene rings is 1. The highest BCUT2D eigenvalue weighted by atomic mass is 32.1. The molecule has 0 spiro atoms. The first-order valence-corrected chi connectivity index (χ1v) is 7.61. The van der Waals surface area contributed by atoms with E-state index in [9.17, 15) is 10.1 Å². The highest BCUT2D eigenvalue weighted by molar-refractivity contribution is 7.16. The van der Waals surface area contributed by atoms with Crippen molar-refractivity contribution in [3.63, 3.8) is 0 Å². The summed E-state index contributed by atoms with van der Waals surface area (Å²) >= 11 is 1.39. The maximum absolute atomic E-state index is 12.3. The quantitative estimate of drug-likeness (QED) is 0.925. The third kappa shape index (κ3) is 2.51. The summed E-state index contributed by atoms with van der Waals surface area (Å²) in [6, 6.07) is 9.35. The standard InChI is InChI=1S/C16H14N2O3S/c1-9-10(2)22-16(11(9)7-17)18-15(19)14-8-20-12-5-3-4-6-13(12)21-14/h3-6,14H,8H2,1-2H3,(H,18,19)/t14-/m0/s1. The summed E-state index contributed by atoms with van der Waals surface area (Å²) in [5, 5.41) is 12.6. The van der Waals surface area contributed by atoms with Crippen LogP contribution in [-0.2, 0) is 4.79 Å². The number of ether oxygens (including phenoxy) is 2. The van der Waals surface area contributed by atoms with Crippen LogP contribution in [0.5, 0.6) is 11.5 Å². The van der Waals surface area contributed by atoms with Gasteiger partial charge in [0.1, 0.15) is 17.7 Å². The monoisotopic (exact) mass is 314 g/mol. The van der Waals surface area contributed by atoms with Gasteiger partial charge in [0, 0.05) is 4.88 Å². The van der Waals surface area contributed by atoms with E-state index in [1.807, 2.05) is 26.0 Å². The summed E-state index contributed by atoms with van der Waals surface area (Å²) in [5.74, 6) is 0.868. The van der Waals surface area contributed by atoms with Crippen LogP contribution in [0.2, 0.25) is 0 Å². The number of fused-ring (bicyclic) bond motifs is 1. The van der Waals surface area contributed by atoms with Crippen molar-refractivity contribution in [2.45, 2.75) is 20.0 Å². The van der Waals surface area contributed by atoms with Gasteiger partial charge in [0.05, 0.1) is 5.56 Å². The van der Waals surface area contributed by atoms with Gasteiger partial charge in [-0.25, -0.2) is 0 Å². The van der Waals surface area contributed by atoms with Crippen molar-refractivity contribution in [3.05, 3.63) is 40.3 Å². The third-order valence-corrected chi connectivity index (χ3v) is 4.66. The molecule has 1 amide bonds. The molecule has 0 saturated carbocycles. The molecule has 0 fully saturated rings. The average Bonchev–Trinajstić information content (AvgIpc) is 2.80. The Hall–Kier alpha value is -2.52. The summed E-state index contributed by atoms with van der Waals surface area (Å²) in [6.07, 6.45) is -0.732. The van der Waals surface area contributed by atoms with Crippen molar-refractivity contribution in [1.82, 2.24) is 0 Å². The van der Waals surface area contributed by atoms with Crippen LogP contribution in [-0.4, -0.2) is 18.6 Å². The fourth-order valence-electron chi connectivity index (χ4n) is 2.19. The van der Waals surface area contributed by atoms with Crippen LogP contribution in [0.1, 0.15) is 16.0 Å². The Kier molecular flexibility index (Phi) is 3.73. The Bertz CT molecular complexity index is 776. The molecule has 5 nitrogen and oxygen atoms in total. The van der Waals surface area contributed by atoms with Gasteiger partial charge in [-0.3, -0.25) is 4.79 Å². The van der Waals surface area contributed by atoms with E-state index < -0.39 is 6.10 Å². The van der Waals surface area contributed by atoms with Crippen LogP contribution in [0.15, 0.2) is 24.3 Å². The van der Waals surface area contributed by atoms with Crippen LogP contribution >= 0.6 is 11.3 Å². The van der Waals surface area contributed by atoms with Gasteiger partial charge >= 0.3 is 0 Å². The maximum atomic E-state index is 12.3. The van der Waals surface area contributed by atoms with E-state index in [-0.39, 0.29) is 12.5 Å². The number of nitriles is 1. The van der Waals surface area contributed by atoms with E-state index in [0.717, 1.165) is 10.4 Å². The van der Waals surface area contributed by atoms with Crippen molar-refractivity contribution < 1.29 is 14.3 Å². The predicted octanol–water partition coefficient (Wildman–Crippen LogP) is 3.02. The van der Waals surface area contributed by atoms with Gasteiger partial charge in [0.2, 0.25) is 6.10 Å². The molecule has 0 saturated heterocycles. The lowest BCUT2D eigenvalue weighted by molar-refractivity contribution is -0.125. The lowest BCUT2D eigenvalue weighted by Gasteiger charge is -2.25. The molecular weight excluding hydrogens is 300 g/mol. The molecule has 6 heteroatoms. The summed E-state index contributed by atoms with van der Waals surface area (Å²) in [7, 11) is 0. The number of hydrogen-bond acceptors (Lipinski definition) is 5. The van der Waals surface area contributed by atoms with Crippen LogP contribution in [0.25, 0.3) is 0 Å². The zero-order valence-corrected chi connectivity index (χ0v) is 13.0. The minimum atomic E-state index is -0.732. The lowest BCUT2D eigenvalue weighted by Crippen LogP contribution is -2.40. The van der Waals surface area contributed by atoms with Gasteiger partial charge in [-0.2, -0.15) is 5.26 Å². The summed E-state index contributed by atoms with van der Waals surface area (Å²) < 4.78 is 11.2. The number of rotatable bonds is 2. The maximum Gasteiger partial charge on any atom is 0.269 e. The number of aryl methyl sites for hydroxylation is 1. The van der Waals surface area contributed by atoms with Crippen molar-refractivity contribution in [2.24, 2.45) is 0 Å². The van der Waals surface area contributed by atoms with E-state index in [2.05, 4.69) is 11.4 Å². The van der Waals surface area contributed by atoms with Crippen LogP contribution in [0.3, 0.4) is 0 Å². The molecule has 0 radical (unpaired) electrons. The molecule has 3 rings (SSSR count). The van der Waals surface area contributed by atoms with Crippen LogP contribution < -0.4 is 14.8 Å². The fourth-order valence-corrected chi connectivity index (χ4v) is 3.20. The predicted molar refractivity (Wildman–Crippen MR) is 83.5 cm³/mol. The molecule has 0 bridgehead atoms. The van der Waals surface area contributed by atoms with Gasteiger partial charge in [-0.05, 0) is 31.5 Å². The number of thiophene rings is 1. The average molecular weight is 314 g/mol. The number of amides is 1. The van der Waals surface area contributed by atoms with Gasteiger partial charge in [-0.1, -0.05) is 12.1 Å². The number of hydrogen-bond donors (Lipinski definition) is 1. The molecule has 1 aromatic carbocycles. The molecule has 22 heavy (non-hydrogen) atoms. The van der Waals surface area contributed by atoms with Gasteiger partial charge in [-0.15, -0.1) is 11.3 Å². The number of nitrogens with one attached hydrogen (secondary N) is 1. The SMILES string of the molecule is Cc1sc(NC(=O)[C@@H]2COc3ccccc3O2)c(C#N)c1C. The molecule has 0 unspecified atom stereocenters. The summed E-state index contributed by atoms with van der Waals surface area (Å²) in [4.78, 5) is 13.4. The number of para-hydroxylation sites is 2. The minimum Gasteiger partial charge on any atom is -0.485 e. The first-order valence-electron chi connectivity index (χ1n) is 6.79. The molecule has 2 aromatic rings. The van der Waals surface area contributed by atoms with Crippen molar-refractivity contribution in [1.29, 1.82) is 5.26 Å². The molecule has 112 valence electrons. The van der Waals surface area contributed by atoms with Gasteiger partial charge < -0.3 is 14.8 Å². The van der Waals surface area contributed by atoms with E-state index in [4.69, 9.17) is 9.47 Å². The molecule has 1 aliphatic rings. The molecular formula is C16H14N2O3S. The second-order valence-corrected chi connectivity index (χ2v) is 6.18. The highest BCUT2D eigenvalue weighted by Crippen LogP contribution is 2.33. The topological polar surface area (TPSA) is 71.3 Å². The van der Waals surface area contributed by atoms with Crippen LogP contribution in [0.4, 0.5) is 5.00 Å². The molecule has 1 aromatic heterocycles. The minimum absolute atomic E-state index is 0.147. The van der Waals surface area contributed by atoms with E-state index in [0.29, 0.717) is 22.1 Å². The first kappa shape index (κ1) is 14.4. The highest BCUT2D eigenvalue weighted by Gasteiger charge is 2.28. The van der Waals surface area contributed by atoms with E-state index in [1.165, 1.54) is 11.3 Å². The molecule has 1 atom stereocenters. The molecule has 2 heterocycles. The van der Waals surface area contributed by atoms with E-state index in [1.54, 1.807) is 12.1 Å². The fraction of sp³-hybridized carbons (Fsp3) is 0.250. The Labute approximate surface area is 132 Å². The van der Waals surface area contributed by atoms with Gasteiger partial charge in [0.15, 0.2) is 11.5 Å². The van der Waals surface area contributed by atoms with Crippen molar-refractivity contribution in [3.8, 4) is 17.6 Å². The van der Waals surface area contributed by atoms with Crippen molar-refractivity contribution in [2.75, 3.05) is 11.9 Å². The normalized spacial score (nSPS) is 16.0. The second-order valence-electron chi connectivity index (χ2n) is 4.95. The number of anilines is 1. The Balaban J connectivity index is 1.77. The second kappa shape index (κ2) is 5.70. The zero-order valence-electron chi connectivity index (χ0n) is 12.2. The number of nitrogens with zero attached hydrogens (tertiary/aromatic N) is 1. The smallest absolute Gasteiger partial charge is 0.269 e. The summed E-state index contributed by atoms with van der Waals surface area (Å²) in [6.45, 7) is 3.94. The Morgan fingerprint density at radius 1 is 1.36 bits per heavy atom. The number of carbonyl (C=O) groups excluding carboxylic acids is 1. The largest absolute Gasteiger partial charge is 0.485 e. The van der Waals surface area contributed by atoms with E-state index >= 15 is 0 Å². The van der Waals surface area contributed by atoms with Crippen molar-refractivity contribution >= 4 is 22.2 Å². The molecule has 1 aliphatic heterocycles. The molecule has 1 N–H and O–H groups in total. The third-order valence-electron chi connectivity index (χ3n) is 3.53. The Morgan fingerprint density at radius 3 is 2.82 bits per heavy atom. The van der Waals surface area contributed by atoms with Gasteiger partial charge in [0.25, 0.3) is 5.91 Å². The Morgan fingerprint density at radius 2 is 2.09 bits per heavy atom. The number of carbonyl (C=O) groups is 1. The van der Waals surface area contributed by atoms with Crippen LogP contribution in [0, 0.1) is 25.2 Å². The first-order chi connectivity index (χ1) is 10.6. The summed E-state index contributed by atoms with van der Waals surface area (Å²) in [5.41, 5.74) is 1.40. The zero-order chi connectivity index (χ0) is 15.7.